The van der Waals surface area contributed by atoms with Crippen LogP contribution >= 0.6 is 0 Å². The summed E-state index contributed by atoms with van der Waals surface area (Å²) in [5.74, 6) is -0.322. The maximum Gasteiger partial charge on any atom is 0.232 e. The Morgan fingerprint density at radius 3 is 2.27 bits per heavy atom. The number of rotatable bonds is 7. The van der Waals surface area contributed by atoms with Crippen molar-refractivity contribution in [3.05, 3.63) is 24.3 Å². The Bertz CT molecular complexity index is 725. The van der Waals surface area contributed by atoms with E-state index in [0.717, 1.165) is 31.9 Å². The van der Waals surface area contributed by atoms with Crippen molar-refractivity contribution >= 4 is 33.2 Å². The molecule has 0 heterocycles. The van der Waals surface area contributed by atoms with E-state index in [2.05, 4.69) is 10.6 Å². The van der Waals surface area contributed by atoms with Crippen molar-refractivity contribution in [3.63, 3.8) is 0 Å². The quantitative estimate of drug-likeness (QED) is 0.757. The number of carbonyl (C=O) groups is 2. The van der Waals surface area contributed by atoms with Crippen LogP contribution in [-0.2, 0) is 19.6 Å². The second kappa shape index (κ2) is 9.02. The van der Waals surface area contributed by atoms with Crippen molar-refractivity contribution in [2.45, 2.75) is 51.5 Å². The number of nitrogens with one attached hydrogen (secondary N) is 2. The molecule has 1 saturated carbocycles. The predicted octanol–water partition coefficient (Wildman–Crippen LogP) is 2.25. The van der Waals surface area contributed by atoms with E-state index in [1.165, 1.54) is 17.6 Å². The summed E-state index contributed by atoms with van der Waals surface area (Å²) in [4.78, 5) is 23.2. The SMILES string of the molecule is CC(=O)Nc1ccc(N(CCC(=O)NC2CCCCC2)S(C)(=O)=O)cc1. The highest BCUT2D eigenvalue weighted by molar-refractivity contribution is 7.92. The van der Waals surface area contributed by atoms with Gasteiger partial charge < -0.3 is 10.6 Å². The van der Waals surface area contributed by atoms with E-state index < -0.39 is 10.0 Å². The third kappa shape index (κ3) is 6.33. The summed E-state index contributed by atoms with van der Waals surface area (Å²) in [5, 5.41) is 5.63. The highest BCUT2D eigenvalue weighted by Gasteiger charge is 2.20. The molecule has 1 aliphatic rings. The summed E-state index contributed by atoms with van der Waals surface area (Å²) in [7, 11) is -3.52. The Hall–Kier alpha value is -2.09. The zero-order valence-corrected chi connectivity index (χ0v) is 16.1. The van der Waals surface area contributed by atoms with Crippen molar-refractivity contribution in [2.24, 2.45) is 0 Å². The van der Waals surface area contributed by atoms with Crippen LogP contribution in [0.15, 0.2) is 24.3 Å². The lowest BCUT2D eigenvalue weighted by Crippen LogP contribution is -2.39. The highest BCUT2D eigenvalue weighted by Crippen LogP contribution is 2.21. The summed E-state index contributed by atoms with van der Waals surface area (Å²) in [5.41, 5.74) is 1.05. The summed E-state index contributed by atoms with van der Waals surface area (Å²) in [6, 6.07) is 6.71. The Morgan fingerprint density at radius 2 is 1.73 bits per heavy atom. The molecule has 8 heteroatoms. The fourth-order valence-corrected chi connectivity index (χ4v) is 4.08. The van der Waals surface area contributed by atoms with Gasteiger partial charge in [-0.05, 0) is 37.1 Å². The molecule has 1 aromatic rings. The molecule has 1 fully saturated rings. The number of anilines is 2. The van der Waals surface area contributed by atoms with E-state index >= 15 is 0 Å². The first-order valence-corrected chi connectivity index (χ1v) is 10.8. The maximum atomic E-state index is 12.2. The van der Waals surface area contributed by atoms with Crippen molar-refractivity contribution in [3.8, 4) is 0 Å². The predicted molar refractivity (Wildman–Crippen MR) is 103 cm³/mol. The van der Waals surface area contributed by atoms with Gasteiger partial charge in [-0.2, -0.15) is 0 Å². The van der Waals surface area contributed by atoms with Gasteiger partial charge in [0.1, 0.15) is 0 Å². The molecule has 7 nitrogen and oxygen atoms in total. The molecule has 0 aromatic heterocycles. The van der Waals surface area contributed by atoms with Crippen molar-refractivity contribution in [1.82, 2.24) is 5.32 Å². The fourth-order valence-electron chi connectivity index (χ4n) is 3.15. The third-order valence-corrected chi connectivity index (χ3v) is 5.58. The van der Waals surface area contributed by atoms with Crippen LogP contribution in [0.25, 0.3) is 0 Å². The molecule has 0 atom stereocenters. The molecule has 26 heavy (non-hydrogen) atoms. The van der Waals surface area contributed by atoms with Crippen LogP contribution in [-0.4, -0.2) is 39.1 Å². The minimum atomic E-state index is -3.52. The van der Waals surface area contributed by atoms with Gasteiger partial charge in [-0.1, -0.05) is 19.3 Å². The molecule has 2 rings (SSSR count). The number of sulfonamides is 1. The van der Waals surface area contributed by atoms with Gasteiger partial charge in [-0.15, -0.1) is 0 Å². The minimum absolute atomic E-state index is 0.0802. The zero-order chi connectivity index (χ0) is 19.2. The first kappa shape index (κ1) is 20.2. The second-order valence-electron chi connectivity index (χ2n) is 6.72. The summed E-state index contributed by atoms with van der Waals surface area (Å²) in [6.07, 6.45) is 6.67. The molecule has 0 aliphatic heterocycles. The Morgan fingerprint density at radius 1 is 1.12 bits per heavy atom. The number of carbonyl (C=O) groups excluding carboxylic acids is 2. The fraction of sp³-hybridized carbons (Fsp3) is 0.556. The number of amides is 2. The summed E-state index contributed by atoms with van der Waals surface area (Å²) < 4.78 is 25.5. The average Bonchev–Trinajstić information content (AvgIpc) is 2.55. The molecule has 0 radical (unpaired) electrons. The molecule has 0 unspecified atom stereocenters. The number of nitrogens with zero attached hydrogens (tertiary/aromatic N) is 1. The van der Waals surface area contributed by atoms with Crippen LogP contribution in [0.4, 0.5) is 11.4 Å². The average molecular weight is 381 g/mol. The standard InChI is InChI=1S/C18H27N3O4S/c1-14(22)19-16-8-10-17(11-9-16)21(26(2,24)25)13-12-18(23)20-15-6-4-3-5-7-15/h8-11,15H,3-7,12-13H2,1-2H3,(H,19,22)(H,20,23). The highest BCUT2D eigenvalue weighted by atomic mass is 32.2. The molecule has 1 aromatic carbocycles. The Labute approximate surface area is 155 Å². The van der Waals surface area contributed by atoms with Gasteiger partial charge in [-0.3, -0.25) is 13.9 Å². The lowest BCUT2D eigenvalue weighted by atomic mass is 9.95. The molecule has 1 aliphatic carbocycles. The van der Waals surface area contributed by atoms with Crippen molar-refractivity contribution < 1.29 is 18.0 Å². The van der Waals surface area contributed by atoms with E-state index in [0.29, 0.717) is 11.4 Å². The molecular weight excluding hydrogens is 354 g/mol. The lowest BCUT2D eigenvalue weighted by molar-refractivity contribution is -0.121. The largest absolute Gasteiger partial charge is 0.353 e. The first-order chi connectivity index (χ1) is 12.3. The van der Waals surface area contributed by atoms with Gasteiger partial charge in [-0.25, -0.2) is 8.42 Å². The molecule has 2 amide bonds. The van der Waals surface area contributed by atoms with Crippen LogP contribution in [0.3, 0.4) is 0 Å². The first-order valence-electron chi connectivity index (χ1n) is 8.90. The summed E-state index contributed by atoms with van der Waals surface area (Å²) >= 11 is 0. The van der Waals surface area contributed by atoms with E-state index in [4.69, 9.17) is 0 Å². The zero-order valence-electron chi connectivity index (χ0n) is 15.3. The Balaban J connectivity index is 1.99. The van der Waals surface area contributed by atoms with E-state index in [-0.39, 0.29) is 30.8 Å². The van der Waals surface area contributed by atoms with Crippen molar-refractivity contribution in [2.75, 3.05) is 22.4 Å². The van der Waals surface area contributed by atoms with Crippen LogP contribution in [0.2, 0.25) is 0 Å². The topological polar surface area (TPSA) is 95.6 Å². The van der Waals surface area contributed by atoms with Gasteiger partial charge in [0, 0.05) is 31.6 Å². The van der Waals surface area contributed by atoms with Gasteiger partial charge in [0.05, 0.1) is 11.9 Å². The van der Waals surface area contributed by atoms with E-state index in [1.54, 1.807) is 24.3 Å². The molecule has 0 bridgehead atoms. The van der Waals surface area contributed by atoms with Crippen LogP contribution in [0.1, 0.15) is 45.4 Å². The number of hydrogen-bond donors (Lipinski definition) is 2. The lowest BCUT2D eigenvalue weighted by Gasteiger charge is -2.25. The molecule has 0 spiro atoms. The van der Waals surface area contributed by atoms with Crippen LogP contribution in [0.5, 0.6) is 0 Å². The van der Waals surface area contributed by atoms with Crippen LogP contribution < -0.4 is 14.9 Å². The van der Waals surface area contributed by atoms with E-state index in [1.807, 2.05) is 0 Å². The van der Waals surface area contributed by atoms with Gasteiger partial charge in [0.15, 0.2) is 0 Å². The molecular formula is C18H27N3O4S. The number of benzene rings is 1. The smallest absolute Gasteiger partial charge is 0.232 e. The second-order valence-corrected chi connectivity index (χ2v) is 8.62. The molecule has 144 valence electrons. The maximum absolute atomic E-state index is 12.2. The summed E-state index contributed by atoms with van der Waals surface area (Å²) in [6.45, 7) is 1.48. The normalized spacial score (nSPS) is 15.3. The molecule has 2 N–H and O–H groups in total. The minimum Gasteiger partial charge on any atom is -0.353 e. The van der Waals surface area contributed by atoms with Crippen LogP contribution in [0, 0.1) is 0 Å². The number of hydrogen-bond acceptors (Lipinski definition) is 4. The van der Waals surface area contributed by atoms with Crippen molar-refractivity contribution in [1.29, 1.82) is 0 Å². The molecule has 0 saturated heterocycles. The van der Waals surface area contributed by atoms with Gasteiger partial charge in [0.25, 0.3) is 0 Å². The Kier molecular flexibility index (Phi) is 7.02. The van der Waals surface area contributed by atoms with E-state index in [9.17, 15) is 18.0 Å². The monoisotopic (exact) mass is 381 g/mol. The van der Waals surface area contributed by atoms with Gasteiger partial charge >= 0.3 is 0 Å². The third-order valence-electron chi connectivity index (χ3n) is 4.39. The van der Waals surface area contributed by atoms with Gasteiger partial charge in [0.2, 0.25) is 21.8 Å².